The van der Waals surface area contributed by atoms with Crippen molar-refractivity contribution in [2.24, 2.45) is 0 Å². The second-order valence-corrected chi connectivity index (χ2v) is 8.65. The van der Waals surface area contributed by atoms with Crippen LogP contribution in [0, 0.1) is 0 Å². The average Bonchev–Trinajstić information content (AvgIpc) is 3.47. The van der Waals surface area contributed by atoms with E-state index < -0.39 is 0 Å². The minimum atomic E-state index is 0.0629. The highest BCUT2D eigenvalue weighted by molar-refractivity contribution is 7.23. The highest BCUT2D eigenvalue weighted by atomic mass is 32.1. The van der Waals surface area contributed by atoms with Crippen molar-refractivity contribution in [3.05, 3.63) is 53.5 Å². The van der Waals surface area contributed by atoms with Gasteiger partial charge in [-0.25, -0.2) is 4.98 Å². The molecule has 6 heteroatoms. The first-order chi connectivity index (χ1) is 13.3. The standard InChI is InChI=1S/C21H23N3OS2/c1-2-12-24(16-10-11-22-13-16)21(25)17-14-26-20(23-17)19-9-8-18(27-19)15-6-4-3-5-7-15/h3-9,14,16,22H,2,10-13H2,1H3. The zero-order chi connectivity index (χ0) is 18.6. The highest BCUT2D eigenvalue weighted by Crippen LogP contribution is 2.36. The fourth-order valence-corrected chi connectivity index (χ4v) is 5.32. The maximum atomic E-state index is 13.0. The summed E-state index contributed by atoms with van der Waals surface area (Å²) in [4.78, 5) is 22.1. The van der Waals surface area contributed by atoms with Crippen molar-refractivity contribution in [2.45, 2.75) is 25.8 Å². The maximum absolute atomic E-state index is 13.0. The Balaban J connectivity index is 1.54. The summed E-state index contributed by atoms with van der Waals surface area (Å²) < 4.78 is 0. The third-order valence-electron chi connectivity index (χ3n) is 4.80. The molecule has 3 heterocycles. The molecule has 1 atom stereocenters. The number of amides is 1. The zero-order valence-electron chi connectivity index (χ0n) is 15.4. The lowest BCUT2D eigenvalue weighted by Crippen LogP contribution is -2.42. The Labute approximate surface area is 167 Å². The Bertz CT molecular complexity index is 897. The van der Waals surface area contributed by atoms with Gasteiger partial charge in [0.1, 0.15) is 10.7 Å². The minimum absolute atomic E-state index is 0.0629. The van der Waals surface area contributed by atoms with Crippen molar-refractivity contribution in [2.75, 3.05) is 19.6 Å². The third kappa shape index (κ3) is 3.98. The summed E-state index contributed by atoms with van der Waals surface area (Å²) in [5.74, 6) is 0.0629. The monoisotopic (exact) mass is 397 g/mol. The van der Waals surface area contributed by atoms with Crippen LogP contribution in [0.2, 0.25) is 0 Å². The van der Waals surface area contributed by atoms with Crippen molar-refractivity contribution in [1.82, 2.24) is 15.2 Å². The van der Waals surface area contributed by atoms with E-state index in [9.17, 15) is 4.79 Å². The first-order valence-electron chi connectivity index (χ1n) is 9.39. The third-order valence-corrected chi connectivity index (χ3v) is 6.94. The molecular weight excluding hydrogens is 374 g/mol. The van der Waals surface area contributed by atoms with E-state index in [0.717, 1.165) is 42.4 Å². The van der Waals surface area contributed by atoms with Crippen LogP contribution in [0.15, 0.2) is 47.8 Å². The number of nitrogens with one attached hydrogen (secondary N) is 1. The summed E-state index contributed by atoms with van der Waals surface area (Å²) in [6.45, 7) is 4.77. The van der Waals surface area contributed by atoms with Crippen molar-refractivity contribution < 1.29 is 4.79 Å². The van der Waals surface area contributed by atoms with Crippen LogP contribution in [0.4, 0.5) is 0 Å². The number of carbonyl (C=O) groups excluding carboxylic acids is 1. The largest absolute Gasteiger partial charge is 0.333 e. The Morgan fingerprint density at radius 2 is 2.04 bits per heavy atom. The molecule has 0 bridgehead atoms. The van der Waals surface area contributed by atoms with Gasteiger partial charge in [0.25, 0.3) is 5.91 Å². The molecule has 3 aromatic rings. The number of hydrogen-bond donors (Lipinski definition) is 1. The molecule has 0 spiro atoms. The van der Waals surface area contributed by atoms with E-state index in [2.05, 4.69) is 53.6 Å². The van der Waals surface area contributed by atoms with Crippen LogP contribution in [-0.2, 0) is 0 Å². The lowest BCUT2D eigenvalue weighted by atomic mass is 10.2. The van der Waals surface area contributed by atoms with Crippen LogP contribution >= 0.6 is 22.7 Å². The first kappa shape index (κ1) is 18.3. The van der Waals surface area contributed by atoms with Gasteiger partial charge in [-0.3, -0.25) is 4.79 Å². The van der Waals surface area contributed by atoms with Gasteiger partial charge in [0.15, 0.2) is 0 Å². The maximum Gasteiger partial charge on any atom is 0.273 e. The molecule has 0 saturated carbocycles. The Hall–Kier alpha value is -2.02. The molecular formula is C21H23N3OS2. The molecule has 4 rings (SSSR count). The Morgan fingerprint density at radius 1 is 1.22 bits per heavy atom. The van der Waals surface area contributed by atoms with E-state index >= 15 is 0 Å². The van der Waals surface area contributed by atoms with Crippen molar-refractivity contribution in [3.63, 3.8) is 0 Å². The summed E-state index contributed by atoms with van der Waals surface area (Å²) in [5.41, 5.74) is 1.79. The molecule has 0 radical (unpaired) electrons. The van der Waals surface area contributed by atoms with E-state index in [1.165, 1.54) is 10.4 Å². The highest BCUT2D eigenvalue weighted by Gasteiger charge is 2.28. The molecule has 0 aliphatic carbocycles. The SMILES string of the molecule is CCCN(C(=O)c1csc(-c2ccc(-c3ccccc3)s2)n1)C1CCNC1. The molecule has 1 saturated heterocycles. The molecule has 1 aliphatic rings. The Morgan fingerprint density at radius 3 is 2.78 bits per heavy atom. The summed E-state index contributed by atoms with van der Waals surface area (Å²) in [6.07, 6.45) is 1.98. The van der Waals surface area contributed by atoms with Crippen LogP contribution in [0.3, 0.4) is 0 Å². The lowest BCUT2D eigenvalue weighted by Gasteiger charge is -2.27. The molecule has 1 aromatic carbocycles. The summed E-state index contributed by atoms with van der Waals surface area (Å²) in [6, 6.07) is 14.9. The van der Waals surface area contributed by atoms with E-state index in [0.29, 0.717) is 5.69 Å². The summed E-state index contributed by atoms with van der Waals surface area (Å²) in [5, 5.41) is 6.19. The molecule has 4 nitrogen and oxygen atoms in total. The van der Waals surface area contributed by atoms with E-state index in [-0.39, 0.29) is 11.9 Å². The van der Waals surface area contributed by atoms with E-state index in [4.69, 9.17) is 0 Å². The van der Waals surface area contributed by atoms with Crippen LogP contribution in [0.5, 0.6) is 0 Å². The number of thiophene rings is 1. The fourth-order valence-electron chi connectivity index (χ4n) is 3.44. The topological polar surface area (TPSA) is 45.2 Å². The van der Waals surface area contributed by atoms with Gasteiger partial charge in [-0.15, -0.1) is 22.7 Å². The normalized spacial score (nSPS) is 16.6. The number of aromatic nitrogens is 1. The number of thiazole rings is 1. The number of rotatable bonds is 6. The lowest BCUT2D eigenvalue weighted by molar-refractivity contribution is 0.0687. The van der Waals surface area contributed by atoms with E-state index in [1.54, 1.807) is 22.7 Å². The summed E-state index contributed by atoms with van der Waals surface area (Å²) >= 11 is 3.27. The molecule has 1 N–H and O–H groups in total. The van der Waals surface area contributed by atoms with Crippen LogP contribution in [0.25, 0.3) is 20.3 Å². The Kier molecular flexibility index (Phi) is 5.66. The van der Waals surface area contributed by atoms with Crippen molar-refractivity contribution in [1.29, 1.82) is 0 Å². The first-order valence-corrected chi connectivity index (χ1v) is 11.1. The second kappa shape index (κ2) is 8.33. The van der Waals surface area contributed by atoms with Gasteiger partial charge >= 0.3 is 0 Å². The van der Waals surface area contributed by atoms with Gasteiger partial charge in [-0.05, 0) is 37.1 Å². The molecule has 1 unspecified atom stereocenters. The predicted molar refractivity (Wildman–Crippen MR) is 113 cm³/mol. The van der Waals surface area contributed by atoms with Crippen molar-refractivity contribution in [3.8, 4) is 20.3 Å². The van der Waals surface area contributed by atoms with Crippen molar-refractivity contribution >= 4 is 28.6 Å². The number of nitrogens with zero attached hydrogens (tertiary/aromatic N) is 2. The van der Waals surface area contributed by atoms with Gasteiger partial charge in [0.05, 0.1) is 4.88 Å². The number of carbonyl (C=O) groups is 1. The fraction of sp³-hybridized carbons (Fsp3) is 0.333. The predicted octanol–water partition coefficient (Wildman–Crippen LogP) is 4.75. The quantitative estimate of drug-likeness (QED) is 0.653. The summed E-state index contributed by atoms with van der Waals surface area (Å²) in [7, 11) is 0. The number of benzene rings is 1. The van der Waals surface area contributed by atoms with Gasteiger partial charge < -0.3 is 10.2 Å². The molecule has 2 aromatic heterocycles. The van der Waals surface area contributed by atoms with Gasteiger partial charge in [-0.1, -0.05) is 37.3 Å². The molecule has 1 amide bonds. The smallest absolute Gasteiger partial charge is 0.273 e. The van der Waals surface area contributed by atoms with E-state index in [1.807, 2.05) is 16.3 Å². The van der Waals surface area contributed by atoms with Crippen LogP contribution in [-0.4, -0.2) is 41.5 Å². The second-order valence-electron chi connectivity index (χ2n) is 6.71. The molecule has 140 valence electrons. The molecule has 27 heavy (non-hydrogen) atoms. The van der Waals surface area contributed by atoms with Crippen LogP contribution in [0.1, 0.15) is 30.3 Å². The minimum Gasteiger partial charge on any atom is -0.333 e. The molecule has 1 aliphatic heterocycles. The van der Waals surface area contributed by atoms with Gasteiger partial charge in [-0.2, -0.15) is 0 Å². The van der Waals surface area contributed by atoms with Gasteiger partial charge in [0.2, 0.25) is 0 Å². The molecule has 1 fully saturated rings. The number of hydrogen-bond acceptors (Lipinski definition) is 5. The van der Waals surface area contributed by atoms with Crippen LogP contribution < -0.4 is 5.32 Å². The van der Waals surface area contributed by atoms with Gasteiger partial charge in [0, 0.05) is 29.4 Å². The zero-order valence-corrected chi connectivity index (χ0v) is 17.0. The average molecular weight is 398 g/mol.